The van der Waals surface area contributed by atoms with Crippen LogP contribution in [0, 0.1) is 6.92 Å². The summed E-state index contributed by atoms with van der Waals surface area (Å²) >= 11 is 0. The van der Waals surface area contributed by atoms with Gasteiger partial charge in [-0.2, -0.15) is 0 Å². The number of carboxylic acid groups (broad SMARTS) is 1. The third kappa shape index (κ3) is 2.64. The van der Waals surface area contributed by atoms with Crippen LogP contribution in [0.1, 0.15) is 15.9 Å². The van der Waals surface area contributed by atoms with Gasteiger partial charge in [-0.15, -0.1) is 0 Å². The fourth-order valence-electron chi connectivity index (χ4n) is 2.04. The number of sulfone groups is 1. The number of hydrogen-bond donors (Lipinski definition) is 1. The molecule has 5 nitrogen and oxygen atoms in total. The topological polar surface area (TPSA) is 74.7 Å². The summed E-state index contributed by atoms with van der Waals surface area (Å²) in [5.41, 5.74) is 1.99. The first-order valence-corrected chi connectivity index (χ1v) is 7.50. The first-order valence-electron chi connectivity index (χ1n) is 5.68. The predicted octanol–water partition coefficient (Wildman–Crippen LogP) is 0.928. The molecule has 2 rings (SSSR count). The molecule has 98 valence electrons. The maximum atomic E-state index is 11.4. The minimum atomic E-state index is -2.92. The van der Waals surface area contributed by atoms with Gasteiger partial charge >= 0.3 is 5.97 Å². The van der Waals surface area contributed by atoms with E-state index in [0.29, 0.717) is 13.1 Å². The number of carboxylic acids is 1. The van der Waals surface area contributed by atoms with Crippen molar-refractivity contribution in [2.24, 2.45) is 0 Å². The van der Waals surface area contributed by atoms with Gasteiger partial charge in [-0.25, -0.2) is 13.2 Å². The number of aryl methyl sites for hydroxylation is 1. The van der Waals surface area contributed by atoms with Crippen molar-refractivity contribution in [1.82, 2.24) is 0 Å². The van der Waals surface area contributed by atoms with Crippen LogP contribution in [0.2, 0.25) is 0 Å². The third-order valence-corrected chi connectivity index (χ3v) is 4.75. The Kier molecular flexibility index (Phi) is 3.30. The van der Waals surface area contributed by atoms with E-state index >= 15 is 0 Å². The van der Waals surface area contributed by atoms with Crippen LogP contribution in [-0.2, 0) is 9.84 Å². The molecule has 0 aromatic heterocycles. The van der Waals surface area contributed by atoms with E-state index in [0.717, 1.165) is 11.3 Å². The zero-order valence-electron chi connectivity index (χ0n) is 10.1. The summed E-state index contributed by atoms with van der Waals surface area (Å²) in [6.45, 7) is 2.74. The second kappa shape index (κ2) is 4.61. The molecule has 1 saturated heterocycles. The Balaban J connectivity index is 2.28. The zero-order chi connectivity index (χ0) is 13.3. The van der Waals surface area contributed by atoms with E-state index in [4.69, 9.17) is 5.11 Å². The van der Waals surface area contributed by atoms with E-state index in [-0.39, 0.29) is 17.1 Å². The number of aromatic carboxylic acids is 1. The lowest BCUT2D eigenvalue weighted by Gasteiger charge is -2.30. The number of nitrogens with zero attached hydrogens (tertiary/aromatic N) is 1. The SMILES string of the molecule is Cc1ccc(C(=O)O)cc1N1CCS(=O)(=O)CC1. The molecule has 1 fully saturated rings. The minimum Gasteiger partial charge on any atom is -0.478 e. The van der Waals surface area contributed by atoms with Crippen LogP contribution in [0.4, 0.5) is 5.69 Å². The highest BCUT2D eigenvalue weighted by Gasteiger charge is 2.23. The van der Waals surface area contributed by atoms with Crippen LogP contribution >= 0.6 is 0 Å². The van der Waals surface area contributed by atoms with Crippen molar-refractivity contribution in [1.29, 1.82) is 0 Å². The van der Waals surface area contributed by atoms with E-state index in [9.17, 15) is 13.2 Å². The molecular weight excluding hydrogens is 254 g/mol. The zero-order valence-corrected chi connectivity index (χ0v) is 10.9. The normalized spacial score (nSPS) is 18.6. The lowest BCUT2D eigenvalue weighted by molar-refractivity contribution is 0.0697. The second-order valence-electron chi connectivity index (χ2n) is 4.45. The average Bonchev–Trinajstić information content (AvgIpc) is 2.30. The quantitative estimate of drug-likeness (QED) is 0.864. The molecule has 0 aliphatic carbocycles. The van der Waals surface area contributed by atoms with Gasteiger partial charge in [0, 0.05) is 18.8 Å². The van der Waals surface area contributed by atoms with Gasteiger partial charge in [-0.1, -0.05) is 6.07 Å². The Morgan fingerprint density at radius 1 is 1.28 bits per heavy atom. The van der Waals surface area contributed by atoms with Crippen LogP contribution in [0.15, 0.2) is 18.2 Å². The summed E-state index contributed by atoms with van der Waals surface area (Å²) in [4.78, 5) is 12.9. The summed E-state index contributed by atoms with van der Waals surface area (Å²) in [5, 5.41) is 8.97. The smallest absolute Gasteiger partial charge is 0.335 e. The Hall–Kier alpha value is -1.56. The molecular formula is C12H15NO4S. The standard InChI is InChI=1S/C12H15NO4S/c1-9-2-3-10(12(14)15)8-11(9)13-4-6-18(16,17)7-5-13/h2-3,8H,4-7H2,1H3,(H,14,15). The molecule has 0 radical (unpaired) electrons. The first kappa shape index (κ1) is 12.9. The van der Waals surface area contributed by atoms with Gasteiger partial charge in [0.1, 0.15) is 0 Å². The van der Waals surface area contributed by atoms with Gasteiger partial charge in [0.05, 0.1) is 17.1 Å². The summed E-state index contributed by atoms with van der Waals surface area (Å²) in [6.07, 6.45) is 0. The number of benzene rings is 1. The number of hydrogen-bond acceptors (Lipinski definition) is 4. The summed E-state index contributed by atoms with van der Waals surface area (Å²) in [7, 11) is -2.92. The molecule has 0 amide bonds. The Labute approximate surface area is 106 Å². The number of carbonyl (C=O) groups is 1. The molecule has 1 aromatic rings. The molecule has 0 unspecified atom stereocenters. The maximum absolute atomic E-state index is 11.4. The molecule has 1 N–H and O–H groups in total. The molecule has 1 aliphatic rings. The van der Waals surface area contributed by atoms with Crippen molar-refractivity contribution in [2.45, 2.75) is 6.92 Å². The van der Waals surface area contributed by atoms with Crippen molar-refractivity contribution >= 4 is 21.5 Å². The van der Waals surface area contributed by atoms with Gasteiger partial charge in [-0.05, 0) is 24.6 Å². The minimum absolute atomic E-state index is 0.129. The van der Waals surface area contributed by atoms with E-state index in [2.05, 4.69) is 0 Å². The fraction of sp³-hybridized carbons (Fsp3) is 0.417. The van der Waals surface area contributed by atoms with Crippen LogP contribution in [0.3, 0.4) is 0 Å². The van der Waals surface area contributed by atoms with Crippen molar-refractivity contribution in [3.63, 3.8) is 0 Å². The average molecular weight is 269 g/mol. The van der Waals surface area contributed by atoms with Gasteiger partial charge in [0.25, 0.3) is 0 Å². The highest BCUT2D eigenvalue weighted by atomic mass is 32.2. The van der Waals surface area contributed by atoms with Crippen molar-refractivity contribution < 1.29 is 18.3 Å². The molecule has 0 atom stereocenters. The van der Waals surface area contributed by atoms with E-state index < -0.39 is 15.8 Å². The van der Waals surface area contributed by atoms with Crippen molar-refractivity contribution in [2.75, 3.05) is 29.5 Å². The van der Waals surface area contributed by atoms with Crippen LogP contribution in [0.25, 0.3) is 0 Å². The highest BCUT2D eigenvalue weighted by molar-refractivity contribution is 7.91. The van der Waals surface area contributed by atoms with Crippen LogP contribution in [-0.4, -0.2) is 44.1 Å². The van der Waals surface area contributed by atoms with Crippen molar-refractivity contribution in [3.8, 4) is 0 Å². The third-order valence-electron chi connectivity index (χ3n) is 3.14. The number of anilines is 1. The Morgan fingerprint density at radius 2 is 1.89 bits per heavy atom. The molecule has 6 heteroatoms. The maximum Gasteiger partial charge on any atom is 0.335 e. The fourth-order valence-corrected chi connectivity index (χ4v) is 3.24. The van der Waals surface area contributed by atoms with E-state index in [1.807, 2.05) is 11.8 Å². The molecule has 0 spiro atoms. The van der Waals surface area contributed by atoms with Crippen molar-refractivity contribution in [3.05, 3.63) is 29.3 Å². The lowest BCUT2D eigenvalue weighted by atomic mass is 10.1. The molecule has 1 aromatic carbocycles. The van der Waals surface area contributed by atoms with Gasteiger partial charge < -0.3 is 10.0 Å². The van der Waals surface area contributed by atoms with E-state index in [1.165, 1.54) is 0 Å². The van der Waals surface area contributed by atoms with Gasteiger partial charge in [0.15, 0.2) is 9.84 Å². The lowest BCUT2D eigenvalue weighted by Crippen LogP contribution is -2.40. The highest BCUT2D eigenvalue weighted by Crippen LogP contribution is 2.23. The van der Waals surface area contributed by atoms with Gasteiger partial charge in [-0.3, -0.25) is 0 Å². The molecule has 0 bridgehead atoms. The van der Waals surface area contributed by atoms with Crippen LogP contribution in [0.5, 0.6) is 0 Å². The molecule has 0 saturated carbocycles. The summed E-state index contributed by atoms with van der Waals surface area (Å²) < 4.78 is 22.7. The summed E-state index contributed by atoms with van der Waals surface area (Å²) in [6, 6.07) is 4.92. The summed E-state index contributed by atoms with van der Waals surface area (Å²) in [5.74, 6) is -0.714. The largest absolute Gasteiger partial charge is 0.478 e. The first-order chi connectivity index (χ1) is 8.39. The Bertz CT molecular complexity index is 566. The van der Waals surface area contributed by atoms with Gasteiger partial charge in [0.2, 0.25) is 0 Å². The van der Waals surface area contributed by atoms with Crippen LogP contribution < -0.4 is 4.90 Å². The molecule has 1 aliphatic heterocycles. The molecule has 18 heavy (non-hydrogen) atoms. The Morgan fingerprint density at radius 3 is 2.44 bits per heavy atom. The molecule has 1 heterocycles. The van der Waals surface area contributed by atoms with E-state index in [1.54, 1.807) is 18.2 Å². The monoisotopic (exact) mass is 269 g/mol. The number of rotatable bonds is 2. The predicted molar refractivity (Wildman–Crippen MR) is 69.0 cm³/mol. The second-order valence-corrected chi connectivity index (χ2v) is 6.75.